The van der Waals surface area contributed by atoms with Crippen molar-refractivity contribution in [3.8, 4) is 11.8 Å². The van der Waals surface area contributed by atoms with Crippen molar-refractivity contribution < 1.29 is 14.3 Å². The smallest absolute Gasteiger partial charge is 0.246 e. The number of nitrogens with zero attached hydrogens (tertiary/aromatic N) is 2. The molecule has 3 aliphatic carbocycles. The van der Waals surface area contributed by atoms with Crippen LogP contribution in [0.4, 0.5) is 0 Å². The van der Waals surface area contributed by atoms with Crippen LogP contribution in [0.1, 0.15) is 29.8 Å². The van der Waals surface area contributed by atoms with Crippen molar-refractivity contribution in [2.24, 2.45) is 29.6 Å². The molecular weight excluding hydrogens is 256 g/mol. The van der Waals surface area contributed by atoms with Crippen LogP contribution in [-0.4, -0.2) is 30.0 Å². The van der Waals surface area contributed by atoms with Crippen LogP contribution in [0.2, 0.25) is 0 Å². The second kappa shape index (κ2) is 4.17. The maximum Gasteiger partial charge on any atom is 0.246 e. The highest BCUT2D eigenvalue weighted by Gasteiger charge is 2.67. The maximum atomic E-state index is 12.7. The van der Waals surface area contributed by atoms with Gasteiger partial charge in [-0.2, -0.15) is 4.98 Å². The highest BCUT2D eigenvalue weighted by molar-refractivity contribution is 6.00. The van der Waals surface area contributed by atoms with Gasteiger partial charge in [0, 0.05) is 5.92 Å². The van der Waals surface area contributed by atoms with E-state index >= 15 is 0 Å². The Morgan fingerprint density at radius 2 is 1.90 bits per heavy atom. The lowest BCUT2D eigenvalue weighted by molar-refractivity contribution is 0.0935. The minimum atomic E-state index is 0.114. The Kier molecular flexibility index (Phi) is 2.53. The molecule has 3 fully saturated rings. The molecule has 4 atom stereocenters. The predicted octanol–water partition coefficient (Wildman–Crippen LogP) is 1.97. The Hall–Kier alpha value is -1.65. The summed E-state index contributed by atoms with van der Waals surface area (Å²) in [7, 11) is 3.03. The first-order valence-electron chi connectivity index (χ1n) is 7.23. The van der Waals surface area contributed by atoms with Crippen molar-refractivity contribution in [1.82, 2.24) is 9.97 Å². The van der Waals surface area contributed by atoms with E-state index in [9.17, 15) is 4.79 Å². The zero-order chi connectivity index (χ0) is 13.9. The monoisotopic (exact) mass is 274 g/mol. The molecule has 1 aromatic rings. The van der Waals surface area contributed by atoms with Crippen molar-refractivity contribution in [2.75, 3.05) is 14.2 Å². The SMILES string of the molecule is COc1cnc(C(=O)C2C3C4CCC(C4)C23)c(OC)n1. The zero-order valence-corrected chi connectivity index (χ0v) is 11.7. The third-order valence-electron chi connectivity index (χ3n) is 5.39. The molecule has 3 saturated carbocycles. The predicted molar refractivity (Wildman–Crippen MR) is 70.8 cm³/mol. The van der Waals surface area contributed by atoms with E-state index in [0.717, 1.165) is 11.8 Å². The summed E-state index contributed by atoms with van der Waals surface area (Å²) in [6.45, 7) is 0. The van der Waals surface area contributed by atoms with E-state index in [4.69, 9.17) is 9.47 Å². The highest BCUT2D eigenvalue weighted by atomic mass is 16.5. The van der Waals surface area contributed by atoms with E-state index < -0.39 is 0 Å². The Morgan fingerprint density at radius 1 is 1.20 bits per heavy atom. The van der Waals surface area contributed by atoms with Gasteiger partial charge < -0.3 is 9.47 Å². The quantitative estimate of drug-likeness (QED) is 0.785. The Labute approximate surface area is 117 Å². The third kappa shape index (κ3) is 1.52. The van der Waals surface area contributed by atoms with Gasteiger partial charge in [0.15, 0.2) is 11.5 Å². The molecule has 0 aromatic carbocycles. The molecule has 0 N–H and O–H groups in total. The number of aromatic nitrogens is 2. The lowest BCUT2D eigenvalue weighted by Crippen LogP contribution is -2.14. The number of hydrogen-bond donors (Lipinski definition) is 0. The average Bonchev–Trinajstić information content (AvgIpc) is 2.93. The van der Waals surface area contributed by atoms with Gasteiger partial charge >= 0.3 is 0 Å². The molecule has 5 heteroatoms. The van der Waals surface area contributed by atoms with Gasteiger partial charge in [-0.3, -0.25) is 4.79 Å². The molecule has 4 unspecified atom stereocenters. The first-order chi connectivity index (χ1) is 9.74. The molecule has 20 heavy (non-hydrogen) atoms. The van der Waals surface area contributed by atoms with Crippen molar-refractivity contribution >= 4 is 5.78 Å². The third-order valence-corrected chi connectivity index (χ3v) is 5.39. The molecule has 0 spiro atoms. The number of rotatable bonds is 4. The van der Waals surface area contributed by atoms with E-state index in [1.54, 1.807) is 0 Å². The Morgan fingerprint density at radius 3 is 2.50 bits per heavy atom. The normalized spacial score (nSPS) is 36.6. The lowest BCUT2D eigenvalue weighted by Gasteiger charge is -2.10. The van der Waals surface area contributed by atoms with Crippen LogP contribution < -0.4 is 9.47 Å². The fraction of sp³-hybridized carbons (Fsp3) is 0.667. The van der Waals surface area contributed by atoms with E-state index in [1.807, 2.05) is 0 Å². The summed E-state index contributed by atoms with van der Waals surface area (Å²) in [6, 6.07) is 0. The summed E-state index contributed by atoms with van der Waals surface area (Å²) < 4.78 is 10.2. The summed E-state index contributed by atoms with van der Waals surface area (Å²) in [5.41, 5.74) is 0.368. The first kappa shape index (κ1) is 12.1. The van der Waals surface area contributed by atoms with Crippen LogP contribution >= 0.6 is 0 Å². The van der Waals surface area contributed by atoms with Crippen LogP contribution in [0.15, 0.2) is 6.20 Å². The van der Waals surface area contributed by atoms with E-state index in [-0.39, 0.29) is 17.6 Å². The summed E-state index contributed by atoms with van der Waals surface area (Å²) >= 11 is 0. The van der Waals surface area contributed by atoms with Gasteiger partial charge in [0.1, 0.15) is 0 Å². The molecule has 0 amide bonds. The number of Topliss-reactive ketones (excluding diaryl/α,β-unsaturated/α-hetero) is 1. The van der Waals surface area contributed by atoms with E-state index in [1.165, 1.54) is 39.7 Å². The average molecular weight is 274 g/mol. The Balaban J connectivity index is 1.61. The molecule has 5 nitrogen and oxygen atoms in total. The second-order valence-electron chi connectivity index (χ2n) is 6.15. The molecule has 0 saturated heterocycles. The Bertz CT molecular complexity index is 558. The maximum absolute atomic E-state index is 12.7. The number of methoxy groups -OCH3 is 2. The topological polar surface area (TPSA) is 61.3 Å². The molecule has 1 aromatic heterocycles. The molecule has 1 heterocycles. The van der Waals surface area contributed by atoms with Crippen LogP contribution in [0.3, 0.4) is 0 Å². The second-order valence-corrected chi connectivity index (χ2v) is 6.15. The molecule has 4 rings (SSSR count). The van der Waals surface area contributed by atoms with E-state index in [2.05, 4.69) is 9.97 Å². The van der Waals surface area contributed by atoms with Gasteiger partial charge in [0.05, 0.1) is 20.4 Å². The van der Waals surface area contributed by atoms with Gasteiger partial charge in [-0.25, -0.2) is 4.98 Å². The van der Waals surface area contributed by atoms with Crippen molar-refractivity contribution in [2.45, 2.75) is 19.3 Å². The summed E-state index contributed by atoms with van der Waals surface area (Å²) in [4.78, 5) is 21.1. The highest BCUT2D eigenvalue weighted by Crippen LogP contribution is 2.70. The number of ketones is 1. The number of carbonyl (C=O) groups is 1. The molecule has 2 bridgehead atoms. The van der Waals surface area contributed by atoms with Crippen LogP contribution in [0.5, 0.6) is 11.8 Å². The summed E-state index contributed by atoms with van der Waals surface area (Å²) in [6.07, 6.45) is 5.44. The van der Waals surface area contributed by atoms with Crippen molar-refractivity contribution in [3.63, 3.8) is 0 Å². The van der Waals surface area contributed by atoms with Crippen LogP contribution in [0, 0.1) is 29.6 Å². The van der Waals surface area contributed by atoms with Gasteiger partial charge in [-0.1, -0.05) is 0 Å². The zero-order valence-electron chi connectivity index (χ0n) is 11.7. The molecule has 0 aliphatic heterocycles. The van der Waals surface area contributed by atoms with Gasteiger partial charge in [0.2, 0.25) is 11.8 Å². The molecule has 0 radical (unpaired) electrons. The molecule has 106 valence electrons. The van der Waals surface area contributed by atoms with Gasteiger partial charge in [-0.05, 0) is 42.9 Å². The van der Waals surface area contributed by atoms with E-state index in [0.29, 0.717) is 23.4 Å². The molecular formula is C15H18N2O3. The number of carbonyl (C=O) groups excluding carboxylic acids is 1. The molecule has 3 aliphatic rings. The first-order valence-corrected chi connectivity index (χ1v) is 7.23. The minimum Gasteiger partial charge on any atom is -0.480 e. The summed E-state index contributed by atoms with van der Waals surface area (Å²) in [5, 5.41) is 0. The minimum absolute atomic E-state index is 0.114. The van der Waals surface area contributed by atoms with Gasteiger partial charge in [-0.15, -0.1) is 0 Å². The largest absolute Gasteiger partial charge is 0.480 e. The lowest BCUT2D eigenvalue weighted by atomic mass is 9.98. The van der Waals surface area contributed by atoms with Crippen molar-refractivity contribution in [1.29, 1.82) is 0 Å². The fourth-order valence-electron chi connectivity index (χ4n) is 4.60. The number of hydrogen-bond acceptors (Lipinski definition) is 5. The number of fused-ring (bicyclic) bond motifs is 5. The van der Waals surface area contributed by atoms with Crippen LogP contribution in [-0.2, 0) is 0 Å². The standard InChI is InChI=1S/C15H18N2O3/c1-19-9-6-16-13(15(17-9)20-2)14(18)12-10-7-3-4-8(5-7)11(10)12/h6-8,10-12H,3-5H2,1-2H3. The van der Waals surface area contributed by atoms with Crippen molar-refractivity contribution in [3.05, 3.63) is 11.9 Å². The fourth-order valence-corrected chi connectivity index (χ4v) is 4.60. The summed E-state index contributed by atoms with van der Waals surface area (Å²) in [5.74, 6) is 3.69. The number of ether oxygens (including phenoxy) is 2. The van der Waals surface area contributed by atoms with Crippen LogP contribution in [0.25, 0.3) is 0 Å². The van der Waals surface area contributed by atoms with Gasteiger partial charge in [0.25, 0.3) is 0 Å².